The van der Waals surface area contributed by atoms with Gasteiger partial charge in [-0.15, -0.1) is 0 Å². The Morgan fingerprint density at radius 3 is 1.08 bits per heavy atom. The van der Waals surface area contributed by atoms with Gasteiger partial charge in [0.05, 0.1) is 0 Å². The topological polar surface area (TPSA) is 80.9 Å². The van der Waals surface area contributed by atoms with E-state index in [0.717, 1.165) is 13.5 Å². The quantitative estimate of drug-likeness (QED) is 0.491. The number of hydrogen-bond donors (Lipinski definition) is 4. The molecule has 0 unspecified atom stereocenters. The van der Waals surface area contributed by atoms with Crippen LogP contribution in [0.25, 0.3) is 0 Å². The molecule has 0 rings (SSSR count). The summed E-state index contributed by atoms with van der Waals surface area (Å²) in [6.07, 6.45) is 0.708. The number of aliphatic hydroxyl groups excluding tert-OH is 4. The summed E-state index contributed by atoms with van der Waals surface area (Å²) in [5.41, 5.74) is 0. The van der Waals surface area contributed by atoms with Crippen molar-refractivity contribution in [1.82, 2.24) is 0 Å². The average molecular weight is 198 g/mol. The normalized spacial score (nSPS) is 6.92. The number of rotatable bonds is 1. The Balaban J connectivity index is -0.0000000431. The highest BCUT2D eigenvalue weighted by atomic mass is 16.3. The van der Waals surface area contributed by atoms with Gasteiger partial charge in [-0.05, 0) is 27.2 Å². The third-order valence-corrected chi connectivity index (χ3v) is 0.224. The van der Waals surface area contributed by atoms with Gasteiger partial charge in [-0.1, -0.05) is 6.92 Å². The van der Waals surface area contributed by atoms with E-state index in [2.05, 4.69) is 0 Å². The molecule has 4 nitrogen and oxygen atoms in total. The lowest BCUT2D eigenvalue weighted by Gasteiger charge is -1.80. The molecule has 0 bridgehead atoms. The van der Waals surface area contributed by atoms with Crippen LogP contribution in [0.1, 0.15) is 34.1 Å². The van der Waals surface area contributed by atoms with E-state index in [0.29, 0.717) is 6.61 Å². The second-order valence-corrected chi connectivity index (χ2v) is 2.13. The summed E-state index contributed by atoms with van der Waals surface area (Å²) in [6, 6.07) is 0. The molecule has 0 atom stereocenters. The van der Waals surface area contributed by atoms with Crippen molar-refractivity contribution in [2.24, 2.45) is 0 Å². The van der Waals surface area contributed by atoms with Gasteiger partial charge in [-0.25, -0.2) is 0 Å². The predicted molar refractivity (Wildman–Crippen MR) is 55.6 cm³/mol. The molecule has 0 saturated carbocycles. The largest absolute Gasteiger partial charge is 0.400 e. The van der Waals surface area contributed by atoms with Crippen molar-refractivity contribution in [1.29, 1.82) is 0 Å². The molecule has 0 fully saturated rings. The van der Waals surface area contributed by atoms with Crippen molar-refractivity contribution in [2.75, 3.05) is 20.3 Å². The summed E-state index contributed by atoms with van der Waals surface area (Å²) in [7, 11) is 1.00. The summed E-state index contributed by atoms with van der Waals surface area (Å²) < 4.78 is 0. The average Bonchev–Trinajstić information content (AvgIpc) is 2.08. The van der Waals surface area contributed by atoms with Crippen molar-refractivity contribution in [3.63, 3.8) is 0 Å². The molecule has 0 aliphatic heterocycles. The summed E-state index contributed by atoms with van der Waals surface area (Å²) >= 11 is 0. The minimum absolute atomic E-state index is 0.167. The first kappa shape index (κ1) is 23.0. The van der Waals surface area contributed by atoms with Gasteiger partial charge in [0, 0.05) is 26.4 Å². The smallest absolute Gasteiger partial charge is 0.0483 e. The molecule has 86 valence electrons. The molecular formula is C9H26O4. The third-order valence-electron chi connectivity index (χ3n) is 0.224. The maximum Gasteiger partial charge on any atom is 0.0483 e. The summed E-state index contributed by atoms with van der Waals surface area (Å²) in [4.78, 5) is 0. The summed E-state index contributed by atoms with van der Waals surface area (Å²) in [6.45, 7) is 7.62. The Morgan fingerprint density at radius 2 is 1.08 bits per heavy atom. The standard InChI is InChI=1S/2C3H8O.C2H6O.CH4O/c1-3(2)4;1-2-3-4;1-2-3;1-2/h3-4H,1-2H3;4H,2-3H2,1H3;3H,2H2,1H3;2H,1H3. The molecule has 0 radical (unpaired) electrons. The molecule has 0 aliphatic rings. The van der Waals surface area contributed by atoms with Crippen LogP contribution in [-0.2, 0) is 0 Å². The second kappa shape index (κ2) is 40.8. The van der Waals surface area contributed by atoms with Crippen molar-refractivity contribution in [2.45, 2.75) is 40.2 Å². The highest BCUT2D eigenvalue weighted by Crippen LogP contribution is 1.65. The maximum atomic E-state index is 8.06. The zero-order valence-electron chi connectivity index (χ0n) is 9.49. The highest BCUT2D eigenvalue weighted by molar-refractivity contribution is 4.20. The Morgan fingerprint density at radius 1 is 1.00 bits per heavy atom. The van der Waals surface area contributed by atoms with Crippen molar-refractivity contribution in [3.8, 4) is 0 Å². The molecule has 0 saturated heterocycles. The molecule has 13 heavy (non-hydrogen) atoms. The first-order valence-corrected chi connectivity index (χ1v) is 4.41. The molecule has 0 aromatic rings. The molecule has 4 heteroatoms. The van der Waals surface area contributed by atoms with E-state index in [4.69, 9.17) is 20.4 Å². The SMILES string of the molecule is CC(C)O.CCCO.CCO.CO. The van der Waals surface area contributed by atoms with E-state index in [1.165, 1.54) is 0 Å². The molecule has 0 aromatic heterocycles. The molecule has 0 heterocycles. The van der Waals surface area contributed by atoms with Crippen LogP contribution >= 0.6 is 0 Å². The molecular weight excluding hydrogens is 172 g/mol. The van der Waals surface area contributed by atoms with E-state index in [-0.39, 0.29) is 12.7 Å². The van der Waals surface area contributed by atoms with Crippen LogP contribution in [-0.4, -0.2) is 46.9 Å². The summed E-state index contributed by atoms with van der Waals surface area (Å²) in [5.74, 6) is 0. The van der Waals surface area contributed by atoms with E-state index in [9.17, 15) is 0 Å². The lowest BCUT2D eigenvalue weighted by Crippen LogP contribution is -1.85. The van der Waals surface area contributed by atoms with Crippen LogP contribution in [0.3, 0.4) is 0 Å². The van der Waals surface area contributed by atoms with Crippen molar-refractivity contribution in [3.05, 3.63) is 0 Å². The van der Waals surface area contributed by atoms with Crippen LogP contribution in [0.2, 0.25) is 0 Å². The van der Waals surface area contributed by atoms with Crippen LogP contribution < -0.4 is 0 Å². The lowest BCUT2D eigenvalue weighted by molar-refractivity contribution is 0.216. The third kappa shape index (κ3) is 1620. The van der Waals surface area contributed by atoms with Crippen LogP contribution in [0, 0.1) is 0 Å². The summed E-state index contributed by atoms with van der Waals surface area (Å²) in [5, 5.41) is 30.5. The van der Waals surface area contributed by atoms with Crippen LogP contribution in [0.15, 0.2) is 0 Å². The second-order valence-electron chi connectivity index (χ2n) is 2.13. The van der Waals surface area contributed by atoms with Gasteiger partial charge in [0.2, 0.25) is 0 Å². The maximum absolute atomic E-state index is 8.06. The van der Waals surface area contributed by atoms with Gasteiger partial charge in [0.1, 0.15) is 0 Å². The van der Waals surface area contributed by atoms with Gasteiger partial charge in [-0.2, -0.15) is 0 Å². The Kier molecular flexibility index (Phi) is 72.3. The van der Waals surface area contributed by atoms with Crippen molar-refractivity contribution >= 4 is 0 Å². The van der Waals surface area contributed by atoms with Gasteiger partial charge >= 0.3 is 0 Å². The van der Waals surface area contributed by atoms with E-state index >= 15 is 0 Å². The minimum Gasteiger partial charge on any atom is -0.400 e. The Hall–Kier alpha value is -0.160. The number of hydrogen-bond acceptors (Lipinski definition) is 4. The van der Waals surface area contributed by atoms with E-state index in [1.807, 2.05) is 6.92 Å². The van der Waals surface area contributed by atoms with Crippen molar-refractivity contribution < 1.29 is 20.4 Å². The highest BCUT2D eigenvalue weighted by Gasteiger charge is 1.69. The molecule has 0 aliphatic carbocycles. The monoisotopic (exact) mass is 198 g/mol. The first-order chi connectivity index (χ1) is 6.06. The number of aliphatic hydroxyl groups is 4. The van der Waals surface area contributed by atoms with Gasteiger partial charge in [0.25, 0.3) is 0 Å². The first-order valence-electron chi connectivity index (χ1n) is 4.41. The van der Waals surface area contributed by atoms with Gasteiger partial charge in [-0.3, -0.25) is 0 Å². The van der Waals surface area contributed by atoms with E-state index in [1.54, 1.807) is 20.8 Å². The minimum atomic E-state index is -0.167. The molecule has 0 amide bonds. The fourth-order valence-corrected chi connectivity index (χ4v) is 0. The zero-order valence-corrected chi connectivity index (χ0v) is 9.49. The zero-order chi connectivity index (χ0) is 11.7. The predicted octanol–water partition coefficient (Wildman–Crippen LogP) is 0.383. The van der Waals surface area contributed by atoms with Gasteiger partial charge < -0.3 is 20.4 Å². The molecule has 0 aromatic carbocycles. The lowest BCUT2D eigenvalue weighted by atomic mass is 10.5. The fourth-order valence-electron chi connectivity index (χ4n) is 0. The van der Waals surface area contributed by atoms with Crippen LogP contribution in [0.5, 0.6) is 0 Å². The van der Waals surface area contributed by atoms with Gasteiger partial charge in [0.15, 0.2) is 0 Å². The molecule has 0 spiro atoms. The van der Waals surface area contributed by atoms with Crippen LogP contribution in [0.4, 0.5) is 0 Å². The Bertz CT molecular complexity index is 35.8. The fraction of sp³-hybridized carbons (Fsp3) is 1.00. The van der Waals surface area contributed by atoms with E-state index < -0.39 is 0 Å². The molecule has 4 N–H and O–H groups in total. The Labute approximate surface area is 81.9 Å².